The van der Waals surface area contributed by atoms with E-state index in [-0.39, 0.29) is 0 Å². The van der Waals surface area contributed by atoms with Crippen LogP contribution in [0.15, 0.2) is 71.6 Å². The zero-order valence-electron chi connectivity index (χ0n) is 12.1. The van der Waals surface area contributed by atoms with E-state index in [1.54, 1.807) is 6.33 Å². The molecule has 0 saturated heterocycles. The van der Waals surface area contributed by atoms with Gasteiger partial charge in [-0.05, 0) is 33.6 Å². The molecule has 0 aromatic heterocycles. The Balaban J connectivity index is 1.89. The van der Waals surface area contributed by atoms with Gasteiger partial charge in [0, 0.05) is 11.3 Å². The Labute approximate surface area is 142 Å². The van der Waals surface area contributed by atoms with Crippen molar-refractivity contribution >= 4 is 27.4 Å². The average Bonchev–Trinajstić information content (AvgIpc) is 2.93. The Bertz CT molecular complexity index is 903. The van der Waals surface area contributed by atoms with E-state index in [9.17, 15) is 0 Å². The third-order valence-corrected chi connectivity index (χ3v) is 4.21. The summed E-state index contributed by atoms with van der Waals surface area (Å²) in [5.74, 6) is 1.58. The molecule has 5 heteroatoms. The molecule has 0 atom stereocenters. The molecular formula is C18H13BrN4. The van der Waals surface area contributed by atoms with Crippen LogP contribution in [0.5, 0.6) is 0 Å². The molecule has 4 rings (SSSR count). The summed E-state index contributed by atoms with van der Waals surface area (Å²) in [7, 11) is 0. The van der Waals surface area contributed by atoms with Gasteiger partial charge in [0.1, 0.15) is 16.2 Å². The van der Waals surface area contributed by atoms with Crippen LogP contribution in [0, 0.1) is 0 Å². The van der Waals surface area contributed by atoms with Gasteiger partial charge >= 0.3 is 0 Å². The predicted octanol–water partition coefficient (Wildman–Crippen LogP) is 5.08. The van der Waals surface area contributed by atoms with Crippen LogP contribution in [-0.2, 0) is 0 Å². The predicted molar refractivity (Wildman–Crippen MR) is 95.9 cm³/mol. The summed E-state index contributed by atoms with van der Waals surface area (Å²) < 4.78 is 0.805. The van der Waals surface area contributed by atoms with E-state index in [0.717, 1.165) is 38.6 Å². The molecule has 23 heavy (non-hydrogen) atoms. The lowest BCUT2D eigenvalue weighted by Gasteiger charge is -2.11. The molecule has 112 valence electrons. The fourth-order valence-corrected chi connectivity index (χ4v) is 3.21. The summed E-state index contributed by atoms with van der Waals surface area (Å²) in [4.78, 5) is 12.2. The maximum atomic E-state index is 4.57. The van der Waals surface area contributed by atoms with Crippen molar-refractivity contribution in [3.05, 3.63) is 71.6 Å². The minimum atomic E-state index is 0.780. The highest BCUT2D eigenvalue weighted by atomic mass is 79.9. The summed E-state index contributed by atoms with van der Waals surface area (Å²) in [5.41, 5.74) is 4.08. The van der Waals surface area contributed by atoms with E-state index in [1.807, 2.05) is 48.5 Å². The number of halogens is 1. The maximum absolute atomic E-state index is 4.57. The molecule has 2 aliphatic rings. The summed E-state index contributed by atoms with van der Waals surface area (Å²) in [6.45, 7) is 0. The van der Waals surface area contributed by atoms with Crippen molar-refractivity contribution in [3.63, 3.8) is 0 Å². The first-order chi connectivity index (χ1) is 11.3. The first kappa shape index (κ1) is 14.0. The quantitative estimate of drug-likeness (QED) is 0.532. The van der Waals surface area contributed by atoms with Crippen LogP contribution in [0.1, 0.15) is 0 Å². The van der Waals surface area contributed by atoms with Gasteiger partial charge in [0.2, 0.25) is 0 Å². The third-order valence-electron chi connectivity index (χ3n) is 3.63. The van der Waals surface area contributed by atoms with E-state index in [4.69, 9.17) is 0 Å². The van der Waals surface area contributed by atoms with Crippen molar-refractivity contribution < 1.29 is 0 Å². The minimum absolute atomic E-state index is 0.780. The van der Waals surface area contributed by atoms with Crippen LogP contribution < -0.4 is 5.32 Å². The fourth-order valence-electron chi connectivity index (χ4n) is 2.61. The lowest BCUT2D eigenvalue weighted by molar-refractivity contribution is 1.13. The van der Waals surface area contributed by atoms with Gasteiger partial charge in [0.15, 0.2) is 0 Å². The van der Waals surface area contributed by atoms with Crippen molar-refractivity contribution in [3.8, 4) is 22.5 Å². The Morgan fingerprint density at radius 2 is 1.57 bits per heavy atom. The van der Waals surface area contributed by atoms with E-state index in [1.165, 1.54) is 0 Å². The van der Waals surface area contributed by atoms with Crippen LogP contribution in [-0.4, -0.2) is 15.0 Å². The number of nitrogens with zero attached hydrogens (tertiary/aromatic N) is 2. The lowest BCUT2D eigenvalue weighted by Crippen LogP contribution is -1.98. The Morgan fingerprint density at radius 1 is 0.870 bits per heavy atom. The zero-order valence-corrected chi connectivity index (χ0v) is 13.7. The van der Waals surface area contributed by atoms with Crippen molar-refractivity contribution in [2.24, 2.45) is 0 Å². The van der Waals surface area contributed by atoms with Gasteiger partial charge in [0.05, 0.1) is 11.9 Å². The molecule has 2 aliphatic heterocycles. The molecule has 0 unspecified atom stereocenters. The van der Waals surface area contributed by atoms with Crippen molar-refractivity contribution in [1.82, 2.24) is 15.0 Å². The molecule has 0 aliphatic carbocycles. The zero-order chi connectivity index (χ0) is 15.6. The number of rotatable bonds is 3. The highest BCUT2D eigenvalue weighted by Gasteiger charge is 2.22. The maximum Gasteiger partial charge on any atom is 0.144 e. The second kappa shape index (κ2) is 5.85. The van der Waals surface area contributed by atoms with Gasteiger partial charge in [-0.1, -0.05) is 48.5 Å². The number of benzene rings is 2. The number of fused-ring (bicyclic) bond motifs is 1. The number of anilines is 2. The van der Waals surface area contributed by atoms with Gasteiger partial charge in [-0.25, -0.2) is 9.97 Å². The number of aromatic amines is 1. The number of hydrogen-bond donors (Lipinski definition) is 2. The van der Waals surface area contributed by atoms with Crippen LogP contribution >= 0.6 is 15.9 Å². The van der Waals surface area contributed by atoms with Crippen LogP contribution in [0.2, 0.25) is 0 Å². The van der Waals surface area contributed by atoms with E-state index in [2.05, 4.69) is 48.3 Å². The Hall–Kier alpha value is -2.66. The molecule has 2 heterocycles. The van der Waals surface area contributed by atoms with Crippen molar-refractivity contribution in [2.45, 2.75) is 0 Å². The van der Waals surface area contributed by atoms with E-state index >= 15 is 0 Å². The number of nitrogens with one attached hydrogen (secondary N) is 2. The molecule has 0 spiro atoms. The molecule has 0 fully saturated rings. The van der Waals surface area contributed by atoms with E-state index in [0.29, 0.717) is 0 Å². The van der Waals surface area contributed by atoms with Gasteiger partial charge in [-0.3, -0.25) is 0 Å². The summed E-state index contributed by atoms with van der Waals surface area (Å²) in [5, 5.41) is 3.38. The number of aromatic nitrogens is 3. The van der Waals surface area contributed by atoms with Gasteiger partial charge in [0.25, 0.3) is 0 Å². The number of H-pyrrole nitrogens is 1. The minimum Gasteiger partial charge on any atom is -0.340 e. The highest BCUT2D eigenvalue weighted by molar-refractivity contribution is 9.10. The number of para-hydroxylation sites is 1. The normalized spacial score (nSPS) is 10.8. The first-order valence-electron chi connectivity index (χ1n) is 7.23. The Kier molecular flexibility index (Phi) is 3.55. The van der Waals surface area contributed by atoms with Gasteiger partial charge in [-0.15, -0.1) is 0 Å². The monoisotopic (exact) mass is 364 g/mol. The van der Waals surface area contributed by atoms with Crippen LogP contribution in [0.3, 0.4) is 0 Å². The van der Waals surface area contributed by atoms with Crippen LogP contribution in [0.4, 0.5) is 11.5 Å². The fraction of sp³-hybridized carbons (Fsp3) is 0. The topological polar surface area (TPSA) is 53.6 Å². The molecule has 0 amide bonds. The second-order valence-electron chi connectivity index (χ2n) is 5.11. The van der Waals surface area contributed by atoms with Gasteiger partial charge in [-0.2, -0.15) is 0 Å². The first-order valence-corrected chi connectivity index (χ1v) is 8.02. The molecule has 0 saturated carbocycles. The smallest absolute Gasteiger partial charge is 0.144 e. The standard InChI is InChI=1S/C18H13BrN4/c19-16-14(12-7-3-1-4-8-12)15-17(20-11-21-18(15)23-16)22-13-9-5-2-6-10-13/h1-11H,(H2,20,21,22,23). The summed E-state index contributed by atoms with van der Waals surface area (Å²) in [6.07, 6.45) is 1.65. The Morgan fingerprint density at radius 3 is 2.30 bits per heavy atom. The molecule has 0 bridgehead atoms. The molecule has 2 aromatic carbocycles. The molecular weight excluding hydrogens is 352 g/mol. The van der Waals surface area contributed by atoms with Crippen molar-refractivity contribution in [1.29, 1.82) is 0 Å². The second-order valence-corrected chi connectivity index (χ2v) is 5.86. The van der Waals surface area contributed by atoms with Crippen molar-refractivity contribution in [2.75, 3.05) is 5.32 Å². The molecule has 2 N–H and O–H groups in total. The largest absolute Gasteiger partial charge is 0.340 e. The lowest BCUT2D eigenvalue weighted by atomic mass is 10.0. The molecule has 4 nitrogen and oxygen atoms in total. The SMILES string of the molecule is Brc1nc2[nH]cnc(Nc3ccccc3)c-2c1-c1ccccc1. The summed E-state index contributed by atoms with van der Waals surface area (Å²) in [6, 6.07) is 20.2. The van der Waals surface area contributed by atoms with Gasteiger partial charge < -0.3 is 10.3 Å². The third kappa shape index (κ3) is 2.59. The van der Waals surface area contributed by atoms with Crippen LogP contribution in [0.25, 0.3) is 22.5 Å². The number of hydrogen-bond acceptors (Lipinski definition) is 3. The average molecular weight is 365 g/mol. The summed E-state index contributed by atoms with van der Waals surface area (Å²) >= 11 is 3.58. The molecule has 2 aromatic rings. The molecule has 0 radical (unpaired) electrons. The highest BCUT2D eigenvalue weighted by Crippen LogP contribution is 2.42. The van der Waals surface area contributed by atoms with E-state index < -0.39 is 0 Å².